The van der Waals surface area contributed by atoms with E-state index in [0.717, 1.165) is 6.42 Å². The van der Waals surface area contributed by atoms with E-state index in [0.29, 0.717) is 38.8 Å². The summed E-state index contributed by atoms with van der Waals surface area (Å²) in [5.74, 6) is -1.04. The van der Waals surface area contributed by atoms with Gasteiger partial charge in [0.15, 0.2) is 0 Å². The second kappa shape index (κ2) is 7.94. The Morgan fingerprint density at radius 3 is 2.46 bits per heavy atom. The van der Waals surface area contributed by atoms with Gasteiger partial charge in [-0.2, -0.15) is 0 Å². The Morgan fingerprint density at radius 2 is 1.88 bits per heavy atom. The van der Waals surface area contributed by atoms with Crippen LogP contribution >= 0.6 is 0 Å². The zero-order valence-corrected chi connectivity index (χ0v) is 16.4. The van der Waals surface area contributed by atoms with Gasteiger partial charge in [0.25, 0.3) is 0 Å². The molecular weight excluding hydrogens is 336 g/mol. The van der Waals surface area contributed by atoms with Gasteiger partial charge in [-0.15, -0.1) is 0 Å². The molecule has 2 aliphatic heterocycles. The maximum Gasteiger partial charge on any atom is 0.313 e. The van der Waals surface area contributed by atoms with Gasteiger partial charge in [-0.25, -0.2) is 0 Å². The first kappa shape index (κ1) is 20.7. The van der Waals surface area contributed by atoms with Crippen LogP contribution in [0.3, 0.4) is 0 Å². The van der Waals surface area contributed by atoms with Crippen molar-refractivity contribution in [2.75, 3.05) is 33.4 Å². The molecule has 2 unspecified atom stereocenters. The minimum Gasteiger partial charge on any atom is -0.481 e. The van der Waals surface area contributed by atoms with Crippen LogP contribution in [-0.4, -0.2) is 72.1 Å². The zero-order chi connectivity index (χ0) is 19.5. The number of rotatable bonds is 5. The van der Waals surface area contributed by atoms with Crippen molar-refractivity contribution in [1.29, 1.82) is 0 Å². The molecule has 0 bridgehead atoms. The van der Waals surface area contributed by atoms with Crippen LogP contribution in [0.5, 0.6) is 0 Å². The lowest BCUT2D eigenvalue weighted by Gasteiger charge is -2.41. The molecule has 2 rings (SSSR count). The zero-order valence-electron chi connectivity index (χ0n) is 16.4. The second-order valence-electron chi connectivity index (χ2n) is 8.86. The lowest BCUT2D eigenvalue weighted by molar-refractivity contribution is -0.161. The van der Waals surface area contributed by atoms with Crippen molar-refractivity contribution in [2.45, 2.75) is 58.9 Å². The van der Waals surface area contributed by atoms with Crippen molar-refractivity contribution >= 4 is 17.8 Å². The Kier molecular flexibility index (Phi) is 6.32. The number of aliphatic carboxylic acids is 1. The number of methoxy groups -OCH3 is 1. The van der Waals surface area contributed by atoms with Crippen LogP contribution in [0, 0.1) is 10.8 Å². The summed E-state index contributed by atoms with van der Waals surface area (Å²) in [5, 5.41) is 9.67. The minimum atomic E-state index is -1.05. The fourth-order valence-corrected chi connectivity index (χ4v) is 4.04. The third-order valence-corrected chi connectivity index (χ3v) is 5.30. The number of hydrogen-bond acceptors (Lipinski definition) is 4. The van der Waals surface area contributed by atoms with Crippen LogP contribution in [0.1, 0.15) is 52.9 Å². The maximum absolute atomic E-state index is 13.1. The van der Waals surface area contributed by atoms with Gasteiger partial charge in [0, 0.05) is 33.2 Å². The molecule has 2 amide bonds. The summed E-state index contributed by atoms with van der Waals surface area (Å²) in [6.45, 7) is 7.39. The number of piperidine rings is 1. The van der Waals surface area contributed by atoms with Crippen molar-refractivity contribution < 1.29 is 24.2 Å². The van der Waals surface area contributed by atoms with Gasteiger partial charge < -0.3 is 19.6 Å². The molecule has 26 heavy (non-hydrogen) atoms. The third-order valence-electron chi connectivity index (χ3n) is 5.30. The minimum absolute atomic E-state index is 0.00625. The van der Waals surface area contributed by atoms with E-state index in [2.05, 4.69) is 0 Å². The average Bonchev–Trinajstić information content (AvgIpc) is 3.02. The highest BCUT2D eigenvalue weighted by Gasteiger charge is 2.46. The predicted molar refractivity (Wildman–Crippen MR) is 96.6 cm³/mol. The Bertz CT molecular complexity index is 553. The smallest absolute Gasteiger partial charge is 0.313 e. The number of amides is 2. The molecule has 0 spiro atoms. The van der Waals surface area contributed by atoms with Gasteiger partial charge in [-0.1, -0.05) is 20.8 Å². The van der Waals surface area contributed by atoms with Crippen molar-refractivity contribution in [3.63, 3.8) is 0 Å². The molecule has 7 heteroatoms. The van der Waals surface area contributed by atoms with E-state index in [1.54, 1.807) is 9.80 Å². The van der Waals surface area contributed by atoms with E-state index in [9.17, 15) is 19.5 Å². The van der Waals surface area contributed by atoms with E-state index >= 15 is 0 Å². The number of carboxylic acids is 1. The summed E-state index contributed by atoms with van der Waals surface area (Å²) >= 11 is 0. The second-order valence-corrected chi connectivity index (χ2v) is 8.86. The van der Waals surface area contributed by atoms with Crippen molar-refractivity contribution in [1.82, 2.24) is 9.80 Å². The number of hydrogen-bond donors (Lipinski definition) is 1. The Labute approximate surface area is 155 Å². The molecule has 2 atom stereocenters. The maximum atomic E-state index is 13.1. The van der Waals surface area contributed by atoms with Gasteiger partial charge >= 0.3 is 5.97 Å². The number of likely N-dealkylation sites (tertiary alicyclic amines) is 2. The molecule has 2 fully saturated rings. The fourth-order valence-electron chi connectivity index (χ4n) is 4.04. The van der Waals surface area contributed by atoms with Gasteiger partial charge in [-0.3, -0.25) is 14.4 Å². The standard InChI is InChI=1S/C19H32N2O5/c1-18(2,3)11-15(22)21-10-5-7-14(21)16(23)20-9-6-8-19(12-20,13-26-4)17(24)25/h14H,5-13H2,1-4H3,(H,24,25). The van der Waals surface area contributed by atoms with Crippen LogP contribution in [0.4, 0.5) is 0 Å². The number of carboxylic acid groups (broad SMARTS) is 1. The Balaban J connectivity index is 2.11. The molecule has 2 aliphatic rings. The van der Waals surface area contributed by atoms with Crippen LogP contribution in [0.2, 0.25) is 0 Å². The van der Waals surface area contributed by atoms with Gasteiger partial charge in [0.2, 0.25) is 11.8 Å². The number of nitrogens with zero attached hydrogens (tertiary/aromatic N) is 2. The highest BCUT2D eigenvalue weighted by atomic mass is 16.5. The Hall–Kier alpha value is -1.63. The number of ether oxygens (including phenoxy) is 1. The summed E-state index contributed by atoms with van der Waals surface area (Å²) in [7, 11) is 1.48. The molecule has 2 saturated heterocycles. The van der Waals surface area contributed by atoms with Gasteiger partial charge in [0.1, 0.15) is 11.5 Å². The van der Waals surface area contributed by atoms with E-state index in [1.165, 1.54) is 7.11 Å². The van der Waals surface area contributed by atoms with Crippen LogP contribution in [0.25, 0.3) is 0 Å². The summed E-state index contributed by atoms with van der Waals surface area (Å²) in [6, 6.07) is -0.461. The first-order chi connectivity index (χ1) is 12.1. The first-order valence-corrected chi connectivity index (χ1v) is 9.40. The molecular formula is C19H32N2O5. The molecule has 2 heterocycles. The van der Waals surface area contributed by atoms with E-state index in [-0.39, 0.29) is 30.4 Å². The summed E-state index contributed by atoms with van der Waals surface area (Å²) in [4.78, 5) is 40.9. The highest BCUT2D eigenvalue weighted by Crippen LogP contribution is 2.33. The van der Waals surface area contributed by atoms with Crippen molar-refractivity contribution in [3.8, 4) is 0 Å². The van der Waals surface area contributed by atoms with E-state index < -0.39 is 17.4 Å². The van der Waals surface area contributed by atoms with E-state index in [4.69, 9.17) is 4.74 Å². The normalized spacial score (nSPS) is 26.8. The first-order valence-electron chi connectivity index (χ1n) is 9.40. The fraction of sp³-hybridized carbons (Fsp3) is 0.842. The molecule has 148 valence electrons. The average molecular weight is 368 g/mol. The quantitative estimate of drug-likeness (QED) is 0.799. The molecule has 0 aromatic heterocycles. The molecule has 0 aliphatic carbocycles. The van der Waals surface area contributed by atoms with Crippen LogP contribution in [-0.2, 0) is 19.1 Å². The molecule has 0 saturated carbocycles. The third kappa shape index (κ3) is 4.55. The molecule has 0 aromatic rings. The van der Waals surface area contributed by atoms with Gasteiger partial charge in [0.05, 0.1) is 6.61 Å². The summed E-state index contributed by atoms with van der Waals surface area (Å²) in [6.07, 6.45) is 2.98. The van der Waals surface area contributed by atoms with E-state index in [1.807, 2.05) is 20.8 Å². The Morgan fingerprint density at radius 1 is 1.19 bits per heavy atom. The van der Waals surface area contributed by atoms with Crippen molar-refractivity contribution in [2.24, 2.45) is 10.8 Å². The number of carbonyl (C=O) groups is 3. The number of carbonyl (C=O) groups excluding carboxylic acids is 2. The van der Waals surface area contributed by atoms with Crippen LogP contribution < -0.4 is 0 Å². The largest absolute Gasteiger partial charge is 0.481 e. The predicted octanol–water partition coefficient (Wildman–Crippen LogP) is 1.75. The molecule has 7 nitrogen and oxygen atoms in total. The highest BCUT2D eigenvalue weighted by molar-refractivity contribution is 5.89. The SMILES string of the molecule is COCC1(C(=O)O)CCCN(C(=O)C2CCCN2C(=O)CC(C)(C)C)C1. The lowest BCUT2D eigenvalue weighted by atomic mass is 9.80. The molecule has 0 radical (unpaired) electrons. The monoisotopic (exact) mass is 368 g/mol. The molecule has 1 N–H and O–H groups in total. The summed E-state index contributed by atoms with van der Waals surface area (Å²) < 4.78 is 5.13. The topological polar surface area (TPSA) is 87.2 Å². The van der Waals surface area contributed by atoms with Crippen molar-refractivity contribution in [3.05, 3.63) is 0 Å². The van der Waals surface area contributed by atoms with Crippen LogP contribution in [0.15, 0.2) is 0 Å². The summed E-state index contributed by atoms with van der Waals surface area (Å²) in [5.41, 5.74) is -1.18. The molecule has 0 aromatic carbocycles. The van der Waals surface area contributed by atoms with Gasteiger partial charge in [-0.05, 0) is 31.1 Å². The lowest BCUT2D eigenvalue weighted by Crippen LogP contribution is -2.56.